The number of likely N-dealkylation sites (N-methyl/N-ethyl adjacent to an activating group) is 2. The molecule has 114 valence electrons. The topological polar surface area (TPSA) is 49.4 Å². The molecule has 19 heavy (non-hydrogen) atoms. The van der Waals surface area contributed by atoms with Crippen LogP contribution in [0.2, 0.25) is 0 Å². The van der Waals surface area contributed by atoms with E-state index in [0.717, 1.165) is 13.0 Å². The Morgan fingerprint density at radius 1 is 1.37 bits per heavy atom. The molecule has 2 unspecified atom stereocenters. The quantitative estimate of drug-likeness (QED) is 0.806. The van der Waals surface area contributed by atoms with Crippen LogP contribution in [0, 0.1) is 5.41 Å². The summed E-state index contributed by atoms with van der Waals surface area (Å²) in [4.78, 5) is 2.23. The van der Waals surface area contributed by atoms with Gasteiger partial charge < -0.3 is 10.2 Å². The number of nitrogens with zero attached hydrogens (tertiary/aromatic N) is 1. The second-order valence-corrected chi connectivity index (χ2v) is 8.85. The van der Waals surface area contributed by atoms with Gasteiger partial charge in [0.15, 0.2) is 0 Å². The maximum Gasteiger partial charge on any atom is 0.148 e. The zero-order chi connectivity index (χ0) is 14.7. The van der Waals surface area contributed by atoms with E-state index in [1.807, 2.05) is 0 Å². The van der Waals surface area contributed by atoms with Crippen LogP contribution in [0.4, 0.5) is 0 Å². The Balaban J connectivity index is 2.72. The van der Waals surface area contributed by atoms with Crippen LogP contribution in [-0.2, 0) is 9.84 Å². The van der Waals surface area contributed by atoms with Gasteiger partial charge in [-0.1, -0.05) is 27.2 Å². The summed E-state index contributed by atoms with van der Waals surface area (Å²) in [6.07, 6.45) is 4.93. The molecule has 0 radical (unpaired) electrons. The minimum atomic E-state index is -2.88. The second kappa shape index (κ2) is 6.55. The van der Waals surface area contributed by atoms with Crippen molar-refractivity contribution in [2.75, 3.05) is 32.1 Å². The van der Waals surface area contributed by atoms with Crippen LogP contribution in [-0.4, -0.2) is 57.5 Å². The fourth-order valence-electron chi connectivity index (χ4n) is 3.19. The van der Waals surface area contributed by atoms with E-state index in [1.54, 1.807) is 0 Å². The number of nitrogens with one attached hydrogen (secondary N) is 1. The Bertz CT molecular complexity index is 379. The van der Waals surface area contributed by atoms with E-state index in [1.165, 1.54) is 19.1 Å². The zero-order valence-electron chi connectivity index (χ0n) is 13.1. The van der Waals surface area contributed by atoms with E-state index in [2.05, 4.69) is 38.0 Å². The Morgan fingerprint density at radius 3 is 2.53 bits per heavy atom. The molecule has 1 aliphatic rings. The number of hydrogen-bond acceptors (Lipinski definition) is 4. The first-order chi connectivity index (χ1) is 8.67. The van der Waals surface area contributed by atoms with Gasteiger partial charge in [0.05, 0.1) is 5.75 Å². The predicted molar refractivity (Wildman–Crippen MR) is 81.2 cm³/mol. The van der Waals surface area contributed by atoms with Crippen LogP contribution in [0.1, 0.15) is 40.0 Å². The fraction of sp³-hybridized carbons (Fsp3) is 1.00. The largest absolute Gasteiger partial charge is 0.312 e. The monoisotopic (exact) mass is 290 g/mol. The first-order valence-corrected chi connectivity index (χ1v) is 9.35. The third kappa shape index (κ3) is 5.04. The van der Waals surface area contributed by atoms with Gasteiger partial charge in [0.2, 0.25) is 0 Å². The summed E-state index contributed by atoms with van der Waals surface area (Å²) >= 11 is 0. The average molecular weight is 290 g/mol. The maximum atomic E-state index is 11.3. The highest BCUT2D eigenvalue weighted by Gasteiger charge is 2.39. The molecular formula is C14H30N2O2S. The van der Waals surface area contributed by atoms with Crippen molar-refractivity contribution >= 4 is 9.84 Å². The molecule has 5 heteroatoms. The lowest BCUT2D eigenvalue weighted by Gasteiger charge is -2.47. The van der Waals surface area contributed by atoms with E-state index >= 15 is 0 Å². The van der Waals surface area contributed by atoms with Crippen molar-refractivity contribution in [1.29, 1.82) is 0 Å². The molecule has 4 nitrogen and oxygen atoms in total. The Kier molecular flexibility index (Phi) is 5.83. The number of sulfone groups is 1. The molecule has 1 rings (SSSR count). The van der Waals surface area contributed by atoms with Gasteiger partial charge in [0.25, 0.3) is 0 Å². The Labute approximate surface area is 118 Å². The second-order valence-electron chi connectivity index (χ2n) is 6.59. The molecule has 0 aromatic heterocycles. The smallest absolute Gasteiger partial charge is 0.148 e. The SMILES string of the molecule is CCNC1C(N(C)CCS(C)(=O)=O)CCCC1(C)C. The summed E-state index contributed by atoms with van der Waals surface area (Å²) in [6.45, 7) is 8.36. The van der Waals surface area contributed by atoms with E-state index in [-0.39, 0.29) is 11.2 Å². The van der Waals surface area contributed by atoms with Crippen molar-refractivity contribution in [2.45, 2.75) is 52.1 Å². The highest BCUT2D eigenvalue weighted by molar-refractivity contribution is 7.90. The average Bonchev–Trinajstić information content (AvgIpc) is 2.27. The van der Waals surface area contributed by atoms with Crippen LogP contribution in [0.25, 0.3) is 0 Å². The fourth-order valence-corrected chi connectivity index (χ4v) is 3.81. The molecular weight excluding hydrogens is 260 g/mol. The normalized spacial score (nSPS) is 27.7. The van der Waals surface area contributed by atoms with Crippen LogP contribution in [0.15, 0.2) is 0 Å². The number of hydrogen-bond donors (Lipinski definition) is 1. The molecule has 1 aliphatic carbocycles. The maximum absolute atomic E-state index is 11.3. The van der Waals surface area contributed by atoms with Gasteiger partial charge in [0, 0.05) is 24.9 Å². The predicted octanol–water partition coefficient (Wildman–Crippen LogP) is 1.52. The highest BCUT2D eigenvalue weighted by Crippen LogP contribution is 2.37. The molecule has 2 atom stereocenters. The van der Waals surface area contributed by atoms with Gasteiger partial charge >= 0.3 is 0 Å². The Hall–Kier alpha value is -0.130. The third-order valence-corrected chi connectivity index (χ3v) is 5.28. The molecule has 0 aliphatic heterocycles. The molecule has 1 fully saturated rings. The van der Waals surface area contributed by atoms with E-state index in [9.17, 15) is 8.42 Å². The lowest BCUT2D eigenvalue weighted by molar-refractivity contribution is 0.0669. The first-order valence-electron chi connectivity index (χ1n) is 7.29. The van der Waals surface area contributed by atoms with Crippen molar-refractivity contribution in [3.8, 4) is 0 Å². The van der Waals surface area contributed by atoms with Gasteiger partial charge in [-0.15, -0.1) is 0 Å². The lowest BCUT2D eigenvalue weighted by atomic mass is 9.70. The van der Waals surface area contributed by atoms with Gasteiger partial charge in [0.1, 0.15) is 9.84 Å². The van der Waals surface area contributed by atoms with Gasteiger partial charge in [-0.2, -0.15) is 0 Å². The summed E-state index contributed by atoms with van der Waals surface area (Å²) in [7, 11) is -0.821. The first kappa shape index (κ1) is 16.9. The summed E-state index contributed by atoms with van der Waals surface area (Å²) < 4.78 is 22.6. The lowest BCUT2D eigenvalue weighted by Crippen LogP contribution is -2.58. The van der Waals surface area contributed by atoms with Crippen molar-refractivity contribution in [1.82, 2.24) is 10.2 Å². The third-order valence-electron chi connectivity index (χ3n) is 4.35. The van der Waals surface area contributed by atoms with E-state index in [0.29, 0.717) is 18.6 Å². The summed E-state index contributed by atoms with van der Waals surface area (Å²) in [5.74, 6) is 0.249. The van der Waals surface area contributed by atoms with E-state index < -0.39 is 9.84 Å². The van der Waals surface area contributed by atoms with Crippen molar-refractivity contribution in [2.24, 2.45) is 5.41 Å². The molecule has 0 saturated heterocycles. The van der Waals surface area contributed by atoms with Crippen molar-refractivity contribution < 1.29 is 8.42 Å². The molecule has 0 amide bonds. The number of rotatable bonds is 6. The molecule has 1 saturated carbocycles. The van der Waals surface area contributed by atoms with Gasteiger partial charge in [-0.25, -0.2) is 8.42 Å². The van der Waals surface area contributed by atoms with Crippen molar-refractivity contribution in [3.63, 3.8) is 0 Å². The molecule has 0 heterocycles. The minimum Gasteiger partial charge on any atom is -0.312 e. The summed E-state index contributed by atoms with van der Waals surface area (Å²) in [6, 6.07) is 0.876. The molecule has 0 bridgehead atoms. The molecule has 0 aromatic rings. The van der Waals surface area contributed by atoms with Crippen LogP contribution < -0.4 is 5.32 Å². The summed E-state index contributed by atoms with van der Waals surface area (Å²) in [5, 5.41) is 3.61. The van der Waals surface area contributed by atoms with Gasteiger partial charge in [-0.3, -0.25) is 0 Å². The minimum absolute atomic E-state index is 0.249. The van der Waals surface area contributed by atoms with Crippen molar-refractivity contribution in [3.05, 3.63) is 0 Å². The summed E-state index contributed by atoms with van der Waals surface area (Å²) in [5.41, 5.74) is 0.276. The van der Waals surface area contributed by atoms with Crippen LogP contribution >= 0.6 is 0 Å². The standard InChI is InChI=1S/C14H30N2O2S/c1-6-15-13-12(8-7-9-14(13,2)3)16(4)10-11-19(5,17)18/h12-13,15H,6-11H2,1-5H3. The van der Waals surface area contributed by atoms with Crippen LogP contribution in [0.5, 0.6) is 0 Å². The van der Waals surface area contributed by atoms with Gasteiger partial charge in [-0.05, 0) is 31.8 Å². The molecule has 0 spiro atoms. The Morgan fingerprint density at radius 2 is 2.00 bits per heavy atom. The molecule has 0 aromatic carbocycles. The highest BCUT2D eigenvalue weighted by atomic mass is 32.2. The molecule has 1 N–H and O–H groups in total. The van der Waals surface area contributed by atoms with Crippen LogP contribution in [0.3, 0.4) is 0 Å². The zero-order valence-corrected chi connectivity index (χ0v) is 13.9. The van der Waals surface area contributed by atoms with E-state index in [4.69, 9.17) is 0 Å².